The minimum Gasteiger partial charge on any atom is -0.476 e. The molecule has 0 N–H and O–H groups in total. The molecule has 0 amide bonds. The van der Waals surface area contributed by atoms with E-state index >= 15 is 0 Å². The third kappa shape index (κ3) is 3.49. The summed E-state index contributed by atoms with van der Waals surface area (Å²) in [5.41, 5.74) is 1.95. The highest BCUT2D eigenvalue weighted by Gasteiger charge is 2.13. The molecule has 1 aliphatic rings. The molecule has 3 rings (SSSR count). The van der Waals surface area contributed by atoms with Crippen molar-refractivity contribution in [1.29, 1.82) is 0 Å². The molecule has 0 unspecified atom stereocenters. The number of aryl methyl sites for hydroxylation is 1. The molecule has 0 aliphatic carbocycles. The maximum atomic E-state index is 5.80. The van der Waals surface area contributed by atoms with Gasteiger partial charge in [0.25, 0.3) is 0 Å². The zero-order valence-electron chi connectivity index (χ0n) is 12.7. The molecule has 1 saturated heterocycles. The predicted octanol–water partition coefficient (Wildman–Crippen LogP) is 1.56. The van der Waals surface area contributed by atoms with Gasteiger partial charge in [0.05, 0.1) is 5.52 Å². The van der Waals surface area contributed by atoms with Gasteiger partial charge in [-0.2, -0.15) is 0 Å². The van der Waals surface area contributed by atoms with Crippen molar-refractivity contribution in [3.05, 3.63) is 30.1 Å². The molecule has 2 aromatic rings. The molecular weight excluding hydrogens is 264 g/mol. The van der Waals surface area contributed by atoms with Gasteiger partial charge in [0, 0.05) is 56.1 Å². The van der Waals surface area contributed by atoms with Crippen LogP contribution in [-0.4, -0.2) is 66.1 Å². The third-order valence-corrected chi connectivity index (χ3v) is 4.04. The van der Waals surface area contributed by atoms with Crippen LogP contribution in [0.5, 0.6) is 5.88 Å². The van der Waals surface area contributed by atoms with E-state index in [0.717, 1.165) is 49.3 Å². The molecule has 0 saturated carbocycles. The minimum absolute atomic E-state index is 0.687. The number of hydrogen-bond donors (Lipinski definition) is 0. The molecule has 2 aromatic heterocycles. The van der Waals surface area contributed by atoms with Crippen molar-refractivity contribution in [2.24, 2.45) is 0 Å². The number of fused-ring (bicyclic) bond motifs is 1. The van der Waals surface area contributed by atoms with Crippen LogP contribution in [-0.2, 0) is 0 Å². The molecule has 0 spiro atoms. The van der Waals surface area contributed by atoms with E-state index in [2.05, 4.69) is 26.8 Å². The zero-order valence-corrected chi connectivity index (χ0v) is 12.7. The first-order valence-corrected chi connectivity index (χ1v) is 7.48. The first-order valence-electron chi connectivity index (χ1n) is 7.48. The van der Waals surface area contributed by atoms with Crippen LogP contribution in [0.15, 0.2) is 24.4 Å². The Morgan fingerprint density at radius 1 is 1.14 bits per heavy atom. The van der Waals surface area contributed by atoms with Crippen LogP contribution in [0.2, 0.25) is 0 Å². The van der Waals surface area contributed by atoms with E-state index in [4.69, 9.17) is 4.74 Å². The maximum absolute atomic E-state index is 5.80. The summed E-state index contributed by atoms with van der Waals surface area (Å²) in [6.07, 6.45) is 1.79. The van der Waals surface area contributed by atoms with Gasteiger partial charge in [-0.05, 0) is 26.1 Å². The SMILES string of the molecule is Cc1nccc2nc(OCCN3CCN(C)CC3)ccc12. The van der Waals surface area contributed by atoms with E-state index in [1.54, 1.807) is 6.20 Å². The van der Waals surface area contributed by atoms with Crippen molar-refractivity contribution in [2.45, 2.75) is 6.92 Å². The number of likely N-dealkylation sites (N-methyl/N-ethyl adjacent to an activating group) is 1. The second-order valence-electron chi connectivity index (χ2n) is 5.61. The lowest BCUT2D eigenvalue weighted by Gasteiger charge is -2.32. The molecule has 21 heavy (non-hydrogen) atoms. The molecule has 112 valence electrons. The van der Waals surface area contributed by atoms with Crippen LogP contribution >= 0.6 is 0 Å². The predicted molar refractivity (Wildman–Crippen MR) is 83.7 cm³/mol. The van der Waals surface area contributed by atoms with Gasteiger partial charge in [0.1, 0.15) is 6.61 Å². The highest BCUT2D eigenvalue weighted by molar-refractivity contribution is 5.80. The molecule has 5 nitrogen and oxygen atoms in total. The monoisotopic (exact) mass is 286 g/mol. The van der Waals surface area contributed by atoms with Crippen molar-refractivity contribution in [3.63, 3.8) is 0 Å². The summed E-state index contributed by atoms with van der Waals surface area (Å²) in [6, 6.07) is 5.90. The molecule has 3 heterocycles. The Morgan fingerprint density at radius 2 is 1.95 bits per heavy atom. The molecule has 1 fully saturated rings. The van der Waals surface area contributed by atoms with Gasteiger partial charge in [-0.3, -0.25) is 9.88 Å². The van der Waals surface area contributed by atoms with Crippen molar-refractivity contribution in [2.75, 3.05) is 46.4 Å². The van der Waals surface area contributed by atoms with Crippen molar-refractivity contribution < 1.29 is 4.74 Å². The van der Waals surface area contributed by atoms with E-state index in [9.17, 15) is 0 Å². The Morgan fingerprint density at radius 3 is 2.76 bits per heavy atom. The quantitative estimate of drug-likeness (QED) is 0.853. The number of aromatic nitrogens is 2. The summed E-state index contributed by atoms with van der Waals surface area (Å²) < 4.78 is 5.80. The molecule has 1 aliphatic heterocycles. The fourth-order valence-electron chi connectivity index (χ4n) is 2.61. The maximum Gasteiger partial charge on any atom is 0.213 e. The van der Waals surface area contributed by atoms with E-state index < -0.39 is 0 Å². The normalized spacial score (nSPS) is 17.2. The standard InChI is InChI=1S/C16H22N4O/c1-13-14-3-4-16(18-15(14)5-6-17-13)21-12-11-20-9-7-19(2)8-10-20/h3-6H,7-12H2,1-2H3. The topological polar surface area (TPSA) is 41.5 Å². The van der Waals surface area contributed by atoms with Gasteiger partial charge in [0.15, 0.2) is 0 Å². The lowest BCUT2D eigenvalue weighted by atomic mass is 10.2. The summed E-state index contributed by atoms with van der Waals surface area (Å²) >= 11 is 0. The Kier molecular flexibility index (Phi) is 4.31. The number of nitrogens with zero attached hydrogens (tertiary/aromatic N) is 4. The highest BCUT2D eigenvalue weighted by atomic mass is 16.5. The lowest BCUT2D eigenvalue weighted by Crippen LogP contribution is -2.45. The average molecular weight is 286 g/mol. The Balaban J connectivity index is 1.56. The minimum atomic E-state index is 0.687. The second kappa shape index (κ2) is 6.37. The van der Waals surface area contributed by atoms with Crippen molar-refractivity contribution >= 4 is 10.9 Å². The van der Waals surface area contributed by atoms with Crippen LogP contribution < -0.4 is 4.74 Å². The van der Waals surface area contributed by atoms with Crippen LogP contribution in [0, 0.1) is 6.92 Å². The van der Waals surface area contributed by atoms with Gasteiger partial charge in [-0.1, -0.05) is 0 Å². The van der Waals surface area contributed by atoms with E-state index in [0.29, 0.717) is 12.5 Å². The molecule has 0 atom stereocenters. The van der Waals surface area contributed by atoms with Gasteiger partial charge >= 0.3 is 0 Å². The van der Waals surface area contributed by atoms with Crippen LogP contribution in [0.4, 0.5) is 0 Å². The average Bonchev–Trinajstić information content (AvgIpc) is 2.49. The molecule has 5 heteroatoms. The zero-order chi connectivity index (χ0) is 14.7. The Bertz CT molecular complexity index is 608. The van der Waals surface area contributed by atoms with Gasteiger partial charge in [0.2, 0.25) is 5.88 Å². The summed E-state index contributed by atoms with van der Waals surface area (Å²) in [4.78, 5) is 13.6. The third-order valence-electron chi connectivity index (χ3n) is 4.04. The fourth-order valence-corrected chi connectivity index (χ4v) is 2.61. The molecule has 0 radical (unpaired) electrons. The molecule has 0 aromatic carbocycles. The number of rotatable bonds is 4. The van der Waals surface area contributed by atoms with E-state index in [1.165, 1.54) is 0 Å². The van der Waals surface area contributed by atoms with Gasteiger partial charge < -0.3 is 9.64 Å². The number of pyridine rings is 2. The Hall–Kier alpha value is -1.72. The fraction of sp³-hybridized carbons (Fsp3) is 0.500. The summed E-state index contributed by atoms with van der Waals surface area (Å²) in [7, 11) is 2.17. The smallest absolute Gasteiger partial charge is 0.213 e. The number of ether oxygens (including phenoxy) is 1. The number of hydrogen-bond acceptors (Lipinski definition) is 5. The lowest BCUT2D eigenvalue weighted by molar-refractivity contribution is 0.132. The first-order chi connectivity index (χ1) is 10.2. The van der Waals surface area contributed by atoms with E-state index in [-0.39, 0.29) is 0 Å². The summed E-state index contributed by atoms with van der Waals surface area (Å²) in [6.45, 7) is 8.17. The summed E-state index contributed by atoms with van der Waals surface area (Å²) in [5.74, 6) is 0.697. The van der Waals surface area contributed by atoms with Crippen LogP contribution in [0.25, 0.3) is 10.9 Å². The van der Waals surface area contributed by atoms with Gasteiger partial charge in [-0.15, -0.1) is 0 Å². The number of piperazine rings is 1. The van der Waals surface area contributed by atoms with Crippen molar-refractivity contribution in [3.8, 4) is 5.88 Å². The Labute approximate surface area is 125 Å². The van der Waals surface area contributed by atoms with Gasteiger partial charge in [-0.25, -0.2) is 4.98 Å². The molecule has 0 bridgehead atoms. The largest absolute Gasteiger partial charge is 0.476 e. The highest BCUT2D eigenvalue weighted by Crippen LogP contribution is 2.18. The molecular formula is C16H22N4O. The van der Waals surface area contributed by atoms with E-state index in [1.807, 2.05) is 25.1 Å². The first kappa shape index (κ1) is 14.2. The van der Waals surface area contributed by atoms with Crippen LogP contribution in [0.1, 0.15) is 5.69 Å². The second-order valence-corrected chi connectivity index (χ2v) is 5.61. The van der Waals surface area contributed by atoms with Crippen LogP contribution in [0.3, 0.4) is 0 Å². The summed E-state index contributed by atoms with van der Waals surface area (Å²) in [5, 5.41) is 1.09. The van der Waals surface area contributed by atoms with Crippen molar-refractivity contribution in [1.82, 2.24) is 19.8 Å².